The molecule has 2 N–H and O–H groups in total. The van der Waals surface area contributed by atoms with Gasteiger partial charge in [-0.2, -0.15) is 0 Å². The maximum atomic E-state index is 5.06. The Hall–Kier alpha value is -1.55. The maximum absolute atomic E-state index is 5.06. The van der Waals surface area contributed by atoms with Gasteiger partial charge < -0.3 is 15.4 Å². The molecule has 17 heavy (non-hydrogen) atoms. The number of rotatable bonds is 5. The van der Waals surface area contributed by atoms with E-state index in [4.69, 9.17) is 4.74 Å². The molecule has 2 rings (SSSR count). The first-order chi connectivity index (χ1) is 8.38. The van der Waals surface area contributed by atoms with Gasteiger partial charge in [0.2, 0.25) is 0 Å². The third-order valence-corrected chi connectivity index (χ3v) is 2.88. The molecule has 92 valence electrons. The number of ether oxygens (including phenoxy) is 1. The topological polar surface area (TPSA) is 46.2 Å². The zero-order chi connectivity index (χ0) is 11.9. The highest BCUT2D eigenvalue weighted by Gasteiger charge is 2.02. The largest absolute Gasteiger partial charge is 0.495 e. The number of hydrogen-bond donors (Lipinski definition) is 2. The molecule has 1 aromatic rings. The molecule has 0 amide bonds. The van der Waals surface area contributed by atoms with Crippen molar-refractivity contribution < 1.29 is 4.74 Å². The molecule has 0 spiro atoms. The molecule has 0 unspecified atom stereocenters. The van der Waals surface area contributed by atoms with Crippen molar-refractivity contribution in [1.82, 2.24) is 10.3 Å². The Labute approximate surface area is 102 Å². The van der Waals surface area contributed by atoms with Gasteiger partial charge in [-0.3, -0.25) is 0 Å². The summed E-state index contributed by atoms with van der Waals surface area (Å²) in [7, 11) is 1.65. The summed E-state index contributed by atoms with van der Waals surface area (Å²) in [6, 6.07) is 3.86. The fraction of sp³-hybridized carbons (Fsp3) is 0.462. The molecule has 0 saturated heterocycles. The van der Waals surface area contributed by atoms with Gasteiger partial charge in [-0.25, -0.2) is 4.98 Å². The average Bonchev–Trinajstić information content (AvgIpc) is 2.41. The van der Waals surface area contributed by atoms with Crippen molar-refractivity contribution in [2.75, 3.05) is 32.1 Å². The molecule has 4 heteroatoms. The van der Waals surface area contributed by atoms with Crippen LogP contribution in [0, 0.1) is 0 Å². The van der Waals surface area contributed by atoms with E-state index in [2.05, 4.69) is 21.7 Å². The predicted octanol–water partition coefficient (Wildman–Crippen LogP) is 1.81. The van der Waals surface area contributed by atoms with E-state index in [1.165, 1.54) is 5.57 Å². The molecule has 4 nitrogen and oxygen atoms in total. The van der Waals surface area contributed by atoms with Gasteiger partial charge in [0.25, 0.3) is 0 Å². The lowest BCUT2D eigenvalue weighted by Gasteiger charge is -2.14. The Balaban J connectivity index is 1.75. The van der Waals surface area contributed by atoms with Crippen LogP contribution in [0.1, 0.15) is 12.8 Å². The summed E-state index contributed by atoms with van der Waals surface area (Å²) in [5, 5.41) is 6.63. The summed E-state index contributed by atoms with van der Waals surface area (Å²) in [6.07, 6.45) is 6.27. The van der Waals surface area contributed by atoms with Crippen molar-refractivity contribution in [3.63, 3.8) is 0 Å². The summed E-state index contributed by atoms with van der Waals surface area (Å²) in [4.78, 5) is 4.26. The average molecular weight is 233 g/mol. The highest BCUT2D eigenvalue weighted by Crippen LogP contribution is 2.13. The lowest BCUT2D eigenvalue weighted by atomic mass is 10.1. The van der Waals surface area contributed by atoms with Crippen LogP contribution in [0.4, 0.5) is 5.82 Å². The molecular formula is C13H19N3O. The number of pyridine rings is 1. The van der Waals surface area contributed by atoms with Crippen LogP contribution in [-0.4, -0.2) is 31.7 Å². The van der Waals surface area contributed by atoms with E-state index in [1.54, 1.807) is 13.3 Å². The first-order valence-corrected chi connectivity index (χ1v) is 6.01. The van der Waals surface area contributed by atoms with Gasteiger partial charge in [-0.1, -0.05) is 11.6 Å². The second-order valence-corrected chi connectivity index (χ2v) is 4.08. The van der Waals surface area contributed by atoms with E-state index >= 15 is 0 Å². The van der Waals surface area contributed by atoms with Crippen molar-refractivity contribution >= 4 is 5.82 Å². The highest BCUT2D eigenvalue weighted by molar-refractivity contribution is 5.37. The number of nitrogens with zero attached hydrogens (tertiary/aromatic N) is 1. The van der Waals surface area contributed by atoms with E-state index < -0.39 is 0 Å². The SMILES string of the molecule is COc1ccc(NCCC2=CCNCC2)nc1. The minimum absolute atomic E-state index is 0.789. The Bertz CT molecular complexity index is 373. The molecule has 1 aliphatic rings. The number of methoxy groups -OCH3 is 1. The molecule has 0 bridgehead atoms. The third-order valence-electron chi connectivity index (χ3n) is 2.88. The van der Waals surface area contributed by atoms with Gasteiger partial charge in [0, 0.05) is 13.1 Å². The number of hydrogen-bond acceptors (Lipinski definition) is 4. The number of nitrogens with one attached hydrogen (secondary N) is 2. The molecule has 1 aliphatic heterocycles. The first-order valence-electron chi connectivity index (χ1n) is 6.01. The zero-order valence-electron chi connectivity index (χ0n) is 10.2. The molecular weight excluding hydrogens is 214 g/mol. The monoisotopic (exact) mass is 233 g/mol. The molecule has 2 heterocycles. The van der Waals surface area contributed by atoms with Gasteiger partial charge in [0.15, 0.2) is 0 Å². The van der Waals surface area contributed by atoms with Crippen LogP contribution in [0.5, 0.6) is 5.75 Å². The van der Waals surface area contributed by atoms with Crippen LogP contribution in [0.25, 0.3) is 0 Å². The highest BCUT2D eigenvalue weighted by atomic mass is 16.5. The second kappa shape index (κ2) is 6.25. The van der Waals surface area contributed by atoms with E-state index in [0.29, 0.717) is 0 Å². The van der Waals surface area contributed by atoms with Crippen LogP contribution >= 0.6 is 0 Å². The molecule has 0 fully saturated rings. The third kappa shape index (κ3) is 3.75. The summed E-state index contributed by atoms with van der Waals surface area (Å²) in [5.74, 6) is 1.69. The minimum atomic E-state index is 0.789. The van der Waals surface area contributed by atoms with E-state index in [1.807, 2.05) is 12.1 Å². The smallest absolute Gasteiger partial charge is 0.137 e. The van der Waals surface area contributed by atoms with Crippen molar-refractivity contribution in [2.45, 2.75) is 12.8 Å². The Kier molecular flexibility index (Phi) is 4.38. The van der Waals surface area contributed by atoms with Crippen molar-refractivity contribution in [3.05, 3.63) is 30.0 Å². The molecule has 0 radical (unpaired) electrons. The molecule has 1 aromatic heterocycles. The number of aromatic nitrogens is 1. The van der Waals surface area contributed by atoms with Crippen LogP contribution in [-0.2, 0) is 0 Å². The van der Waals surface area contributed by atoms with Crippen LogP contribution in [0.3, 0.4) is 0 Å². The van der Waals surface area contributed by atoms with Crippen molar-refractivity contribution in [2.24, 2.45) is 0 Å². The lowest BCUT2D eigenvalue weighted by Crippen LogP contribution is -2.21. The van der Waals surface area contributed by atoms with Gasteiger partial charge in [-0.05, 0) is 31.5 Å². The van der Waals surface area contributed by atoms with E-state index in [9.17, 15) is 0 Å². The Morgan fingerprint density at radius 2 is 2.41 bits per heavy atom. The fourth-order valence-electron chi connectivity index (χ4n) is 1.85. The second-order valence-electron chi connectivity index (χ2n) is 4.08. The molecule has 0 saturated carbocycles. The summed E-state index contributed by atoms with van der Waals surface area (Å²) >= 11 is 0. The molecule has 0 atom stereocenters. The molecule has 0 aromatic carbocycles. The quantitative estimate of drug-likeness (QED) is 0.761. The normalized spacial score (nSPS) is 15.2. The van der Waals surface area contributed by atoms with Crippen molar-refractivity contribution in [3.8, 4) is 5.75 Å². The lowest BCUT2D eigenvalue weighted by molar-refractivity contribution is 0.413. The standard InChI is InChI=1S/C13H19N3O/c1-17-12-2-3-13(16-10-12)15-9-6-11-4-7-14-8-5-11/h2-4,10,14H,5-9H2,1H3,(H,15,16). The van der Waals surface area contributed by atoms with Gasteiger partial charge in [0.05, 0.1) is 13.3 Å². The minimum Gasteiger partial charge on any atom is -0.495 e. The van der Waals surface area contributed by atoms with Gasteiger partial charge >= 0.3 is 0 Å². The summed E-state index contributed by atoms with van der Waals surface area (Å²) in [5.41, 5.74) is 1.53. The van der Waals surface area contributed by atoms with E-state index in [0.717, 1.165) is 44.0 Å². The number of anilines is 1. The molecule has 0 aliphatic carbocycles. The predicted molar refractivity (Wildman–Crippen MR) is 69.5 cm³/mol. The van der Waals surface area contributed by atoms with E-state index in [-0.39, 0.29) is 0 Å². The van der Waals surface area contributed by atoms with Crippen LogP contribution < -0.4 is 15.4 Å². The zero-order valence-corrected chi connectivity index (χ0v) is 10.2. The van der Waals surface area contributed by atoms with Gasteiger partial charge in [0.1, 0.15) is 11.6 Å². The summed E-state index contributed by atoms with van der Waals surface area (Å²) in [6.45, 7) is 3.05. The summed E-state index contributed by atoms with van der Waals surface area (Å²) < 4.78 is 5.06. The first kappa shape index (κ1) is 11.9. The maximum Gasteiger partial charge on any atom is 0.137 e. The Morgan fingerprint density at radius 3 is 3.06 bits per heavy atom. The van der Waals surface area contributed by atoms with Crippen LogP contribution in [0.2, 0.25) is 0 Å². The van der Waals surface area contributed by atoms with Gasteiger partial charge in [-0.15, -0.1) is 0 Å². The van der Waals surface area contributed by atoms with Crippen molar-refractivity contribution in [1.29, 1.82) is 0 Å². The fourth-order valence-corrected chi connectivity index (χ4v) is 1.85. The van der Waals surface area contributed by atoms with Crippen LogP contribution in [0.15, 0.2) is 30.0 Å². The Morgan fingerprint density at radius 1 is 1.47 bits per heavy atom.